The number of hydrogen-bond acceptors (Lipinski definition) is 3. The first-order chi connectivity index (χ1) is 7.60. The lowest BCUT2D eigenvalue weighted by molar-refractivity contribution is -0.105. The Balaban J connectivity index is 3.92. The van der Waals surface area contributed by atoms with Gasteiger partial charge in [-0.3, -0.25) is 0 Å². The van der Waals surface area contributed by atoms with E-state index in [9.17, 15) is 10.2 Å². The summed E-state index contributed by atoms with van der Waals surface area (Å²) in [7, 11) is 0. The molecule has 3 N–H and O–H groups in total. The highest BCUT2D eigenvalue weighted by atomic mass is 16.4. The van der Waals surface area contributed by atoms with Gasteiger partial charge in [-0.2, -0.15) is 0 Å². The van der Waals surface area contributed by atoms with Crippen molar-refractivity contribution in [3.8, 4) is 0 Å². The zero-order valence-corrected chi connectivity index (χ0v) is 10.8. The van der Waals surface area contributed by atoms with Gasteiger partial charge in [-0.1, -0.05) is 52.4 Å². The van der Waals surface area contributed by atoms with Crippen LogP contribution in [-0.4, -0.2) is 33.6 Å². The average Bonchev–Trinajstić information content (AvgIpc) is 2.28. The van der Waals surface area contributed by atoms with Crippen LogP contribution in [-0.2, 0) is 0 Å². The number of unbranched alkanes of at least 4 members (excludes halogenated alkanes) is 4. The molecule has 0 saturated heterocycles. The third-order valence-corrected chi connectivity index (χ3v) is 3.19. The van der Waals surface area contributed by atoms with Gasteiger partial charge in [0.15, 0.2) is 0 Å². The second kappa shape index (κ2) is 8.97. The summed E-state index contributed by atoms with van der Waals surface area (Å²) < 4.78 is 0. The highest BCUT2D eigenvalue weighted by Gasteiger charge is 2.33. The first-order valence-corrected chi connectivity index (χ1v) is 6.62. The average molecular weight is 232 g/mol. The largest absolute Gasteiger partial charge is 0.394 e. The Kier molecular flexibility index (Phi) is 8.90. The molecule has 0 aliphatic heterocycles. The summed E-state index contributed by atoms with van der Waals surface area (Å²) in [6.07, 6.45) is 6.61. The van der Waals surface area contributed by atoms with Crippen LogP contribution in [0.2, 0.25) is 0 Å². The summed E-state index contributed by atoms with van der Waals surface area (Å²) in [5, 5.41) is 28.8. The Labute approximate surface area is 99.5 Å². The molecular weight excluding hydrogens is 204 g/mol. The van der Waals surface area contributed by atoms with E-state index >= 15 is 0 Å². The van der Waals surface area contributed by atoms with Crippen LogP contribution >= 0.6 is 0 Å². The van der Waals surface area contributed by atoms with Crippen LogP contribution in [0.5, 0.6) is 0 Å². The molecule has 0 bridgehead atoms. The Morgan fingerprint density at radius 2 is 1.56 bits per heavy atom. The van der Waals surface area contributed by atoms with Gasteiger partial charge >= 0.3 is 0 Å². The van der Waals surface area contributed by atoms with Gasteiger partial charge in [0.05, 0.1) is 12.2 Å². The second-order valence-electron chi connectivity index (χ2n) is 4.72. The van der Waals surface area contributed by atoms with Crippen LogP contribution in [0.15, 0.2) is 0 Å². The van der Waals surface area contributed by atoms with Gasteiger partial charge in [0.25, 0.3) is 0 Å². The van der Waals surface area contributed by atoms with Crippen molar-refractivity contribution >= 4 is 0 Å². The lowest BCUT2D eigenvalue weighted by atomic mass is 9.86. The molecular formula is C13H28O3. The van der Waals surface area contributed by atoms with E-state index in [0.717, 1.165) is 19.3 Å². The van der Waals surface area contributed by atoms with Crippen molar-refractivity contribution in [1.82, 2.24) is 0 Å². The highest BCUT2D eigenvalue weighted by Crippen LogP contribution is 2.25. The normalized spacial score (nSPS) is 17.1. The monoisotopic (exact) mass is 232 g/mol. The Morgan fingerprint density at radius 3 is 2.06 bits per heavy atom. The molecule has 0 aliphatic carbocycles. The molecule has 0 rings (SSSR count). The maximum Gasteiger partial charge on any atom is 0.106 e. The molecule has 0 heterocycles. The molecule has 0 aliphatic rings. The van der Waals surface area contributed by atoms with Crippen molar-refractivity contribution in [2.24, 2.45) is 0 Å². The molecule has 2 unspecified atom stereocenters. The minimum absolute atomic E-state index is 0.356. The number of aliphatic hydroxyl groups is 3. The molecule has 98 valence electrons. The van der Waals surface area contributed by atoms with Crippen molar-refractivity contribution in [3.05, 3.63) is 0 Å². The molecule has 0 radical (unpaired) electrons. The lowest BCUT2D eigenvalue weighted by Gasteiger charge is -2.32. The summed E-state index contributed by atoms with van der Waals surface area (Å²) in [5.41, 5.74) is -1.09. The summed E-state index contributed by atoms with van der Waals surface area (Å²) in [4.78, 5) is 0. The molecule has 3 nitrogen and oxygen atoms in total. The Hall–Kier alpha value is -0.120. The zero-order valence-electron chi connectivity index (χ0n) is 10.8. The molecule has 0 fully saturated rings. The number of aliphatic hydroxyl groups excluding tert-OH is 2. The highest BCUT2D eigenvalue weighted by molar-refractivity contribution is 4.85. The van der Waals surface area contributed by atoms with E-state index in [0.29, 0.717) is 12.8 Å². The van der Waals surface area contributed by atoms with Crippen LogP contribution in [0, 0.1) is 0 Å². The van der Waals surface area contributed by atoms with Crippen molar-refractivity contribution in [1.29, 1.82) is 0 Å². The summed E-state index contributed by atoms with van der Waals surface area (Å²) in [6, 6.07) is 0. The topological polar surface area (TPSA) is 60.7 Å². The second-order valence-corrected chi connectivity index (χ2v) is 4.72. The maximum atomic E-state index is 10.2. The van der Waals surface area contributed by atoms with Gasteiger partial charge in [-0.05, 0) is 12.8 Å². The van der Waals surface area contributed by atoms with Gasteiger partial charge in [0.2, 0.25) is 0 Å². The van der Waals surface area contributed by atoms with E-state index in [2.05, 4.69) is 6.92 Å². The van der Waals surface area contributed by atoms with Crippen LogP contribution in [0.25, 0.3) is 0 Å². The van der Waals surface area contributed by atoms with Gasteiger partial charge < -0.3 is 15.3 Å². The first-order valence-electron chi connectivity index (χ1n) is 6.62. The van der Waals surface area contributed by atoms with Crippen molar-refractivity contribution in [2.45, 2.75) is 76.9 Å². The van der Waals surface area contributed by atoms with E-state index in [1.54, 1.807) is 0 Å². The van der Waals surface area contributed by atoms with E-state index in [1.807, 2.05) is 6.92 Å². The Morgan fingerprint density at radius 1 is 0.938 bits per heavy atom. The van der Waals surface area contributed by atoms with Crippen LogP contribution in [0.3, 0.4) is 0 Å². The standard InChI is InChI=1S/C13H28O3/c1-3-5-6-7-8-10-13(16,9-4-2)12(15)11-14/h12,14-16H,3-11H2,1-2H3. The third-order valence-electron chi connectivity index (χ3n) is 3.19. The maximum absolute atomic E-state index is 10.2. The fraction of sp³-hybridized carbons (Fsp3) is 1.00. The first kappa shape index (κ1) is 15.9. The molecule has 0 aromatic heterocycles. The molecule has 0 aromatic rings. The van der Waals surface area contributed by atoms with E-state index < -0.39 is 11.7 Å². The van der Waals surface area contributed by atoms with Crippen LogP contribution in [0.1, 0.15) is 65.2 Å². The third kappa shape index (κ3) is 5.83. The minimum atomic E-state index is -1.09. The van der Waals surface area contributed by atoms with E-state index in [4.69, 9.17) is 5.11 Å². The molecule has 16 heavy (non-hydrogen) atoms. The zero-order chi connectivity index (χ0) is 12.4. The van der Waals surface area contributed by atoms with Crippen LogP contribution in [0.4, 0.5) is 0 Å². The van der Waals surface area contributed by atoms with Gasteiger partial charge in [-0.15, -0.1) is 0 Å². The summed E-state index contributed by atoms with van der Waals surface area (Å²) in [5.74, 6) is 0. The molecule has 2 atom stereocenters. The van der Waals surface area contributed by atoms with E-state index in [-0.39, 0.29) is 6.61 Å². The number of rotatable bonds is 10. The molecule has 0 amide bonds. The quantitative estimate of drug-likeness (QED) is 0.506. The number of hydrogen-bond donors (Lipinski definition) is 3. The van der Waals surface area contributed by atoms with Crippen molar-refractivity contribution in [3.63, 3.8) is 0 Å². The lowest BCUT2D eigenvalue weighted by Crippen LogP contribution is -2.44. The molecule has 3 heteroatoms. The van der Waals surface area contributed by atoms with Gasteiger partial charge in [-0.25, -0.2) is 0 Å². The Bertz CT molecular complexity index is 161. The predicted octanol–water partition coefficient (Wildman–Crippen LogP) is 2.23. The molecule has 0 saturated carbocycles. The van der Waals surface area contributed by atoms with Crippen molar-refractivity contribution in [2.75, 3.05) is 6.61 Å². The van der Waals surface area contributed by atoms with Crippen molar-refractivity contribution < 1.29 is 15.3 Å². The van der Waals surface area contributed by atoms with E-state index in [1.165, 1.54) is 19.3 Å². The fourth-order valence-corrected chi connectivity index (χ4v) is 2.10. The minimum Gasteiger partial charge on any atom is -0.394 e. The molecule has 0 spiro atoms. The fourth-order valence-electron chi connectivity index (χ4n) is 2.10. The summed E-state index contributed by atoms with van der Waals surface area (Å²) in [6.45, 7) is 3.79. The van der Waals surface area contributed by atoms with Gasteiger partial charge in [0.1, 0.15) is 6.10 Å². The summed E-state index contributed by atoms with van der Waals surface area (Å²) >= 11 is 0. The van der Waals surface area contributed by atoms with Gasteiger partial charge in [0, 0.05) is 0 Å². The smallest absolute Gasteiger partial charge is 0.106 e. The molecule has 0 aromatic carbocycles. The SMILES string of the molecule is CCCCCCCC(O)(CCC)C(O)CO. The predicted molar refractivity (Wildman–Crippen MR) is 66.3 cm³/mol. The van der Waals surface area contributed by atoms with Crippen LogP contribution < -0.4 is 0 Å².